The van der Waals surface area contributed by atoms with Crippen LogP contribution in [0.25, 0.3) is 0 Å². The van der Waals surface area contributed by atoms with E-state index in [-0.39, 0.29) is 12.1 Å². The van der Waals surface area contributed by atoms with Crippen molar-refractivity contribution in [2.24, 2.45) is 0 Å². The zero-order chi connectivity index (χ0) is 17.8. The molecule has 2 amide bonds. The molecule has 25 heavy (non-hydrogen) atoms. The summed E-state index contributed by atoms with van der Waals surface area (Å²) in [6, 6.07) is 10.6. The van der Waals surface area contributed by atoms with Gasteiger partial charge in [-0.3, -0.25) is 4.90 Å². The predicted octanol–water partition coefficient (Wildman–Crippen LogP) is 4.88. The summed E-state index contributed by atoms with van der Waals surface area (Å²) in [5, 5.41) is 3.68. The number of carbonyl (C=O) groups excluding carboxylic acids is 1. The number of methoxy groups -OCH3 is 1. The smallest absolute Gasteiger partial charge is 0.325 e. The summed E-state index contributed by atoms with van der Waals surface area (Å²) >= 11 is 9.46. The first-order chi connectivity index (χ1) is 11.9. The first-order valence-electron chi connectivity index (χ1n) is 7.84. The number of urea groups is 1. The summed E-state index contributed by atoms with van der Waals surface area (Å²) in [4.78, 5) is 14.4. The fourth-order valence-electron chi connectivity index (χ4n) is 3.53. The van der Waals surface area contributed by atoms with Gasteiger partial charge in [0.25, 0.3) is 0 Å². The maximum absolute atomic E-state index is 12.8. The van der Waals surface area contributed by atoms with Gasteiger partial charge in [0, 0.05) is 27.2 Å². The number of nitrogens with one attached hydrogen (secondary N) is 1. The average Bonchev–Trinajstić information content (AvgIpc) is 2.56. The van der Waals surface area contributed by atoms with Gasteiger partial charge in [0.15, 0.2) is 17.2 Å². The number of amides is 2. The van der Waals surface area contributed by atoms with Crippen LogP contribution in [0.2, 0.25) is 5.02 Å². The second-order valence-corrected chi connectivity index (χ2v) is 7.67. The zero-order valence-corrected chi connectivity index (χ0v) is 16.0. The van der Waals surface area contributed by atoms with Crippen molar-refractivity contribution in [1.29, 1.82) is 0 Å². The van der Waals surface area contributed by atoms with E-state index in [2.05, 4.69) is 21.2 Å². The van der Waals surface area contributed by atoms with Crippen molar-refractivity contribution in [3.05, 3.63) is 51.5 Å². The maximum atomic E-state index is 12.8. The number of benzene rings is 2. The summed E-state index contributed by atoms with van der Waals surface area (Å²) in [6.07, 6.45) is 0.619. The Hall–Kier alpha value is -1.92. The highest BCUT2D eigenvalue weighted by atomic mass is 79.9. The topological polar surface area (TPSA) is 50.8 Å². The van der Waals surface area contributed by atoms with Crippen LogP contribution in [0.15, 0.2) is 40.9 Å². The summed E-state index contributed by atoms with van der Waals surface area (Å²) < 4.78 is 12.7. The molecule has 1 fully saturated rings. The average molecular weight is 424 g/mol. The number of nitrogens with zero attached hydrogens (tertiary/aromatic N) is 1. The van der Waals surface area contributed by atoms with Gasteiger partial charge >= 0.3 is 6.03 Å². The number of anilines is 1. The predicted molar refractivity (Wildman–Crippen MR) is 99.5 cm³/mol. The summed E-state index contributed by atoms with van der Waals surface area (Å²) in [5.41, 5.74) is 0.810. The lowest BCUT2D eigenvalue weighted by atomic mass is 9.90. The molecule has 2 aliphatic heterocycles. The third-order valence-corrected chi connectivity index (χ3v) is 5.32. The highest BCUT2D eigenvalue weighted by Crippen LogP contribution is 2.50. The molecule has 0 unspecified atom stereocenters. The summed E-state index contributed by atoms with van der Waals surface area (Å²) in [7, 11) is 1.60. The van der Waals surface area contributed by atoms with Crippen LogP contribution in [0.1, 0.15) is 24.9 Å². The normalized spacial score (nSPS) is 24.2. The lowest BCUT2D eigenvalue weighted by Crippen LogP contribution is -2.65. The van der Waals surface area contributed by atoms with Crippen LogP contribution in [0, 0.1) is 0 Å². The first-order valence-corrected chi connectivity index (χ1v) is 9.01. The van der Waals surface area contributed by atoms with Gasteiger partial charge in [-0.1, -0.05) is 27.5 Å². The highest BCUT2D eigenvalue weighted by Gasteiger charge is 2.50. The van der Waals surface area contributed by atoms with Crippen LogP contribution in [-0.2, 0) is 0 Å². The monoisotopic (exact) mass is 422 g/mol. The minimum atomic E-state index is -0.824. The highest BCUT2D eigenvalue weighted by molar-refractivity contribution is 9.10. The van der Waals surface area contributed by atoms with Crippen LogP contribution in [0.4, 0.5) is 10.5 Å². The van der Waals surface area contributed by atoms with Crippen LogP contribution >= 0.6 is 27.5 Å². The maximum Gasteiger partial charge on any atom is 0.325 e. The molecule has 5 nitrogen and oxygen atoms in total. The molecule has 2 aliphatic rings. The molecule has 2 aromatic carbocycles. The SMILES string of the molecule is COc1cc(Br)cc2c1O[C@@]1(C)C[C@@H]2NC(=O)N1c1ccc(Cl)cc1. The van der Waals surface area contributed by atoms with Gasteiger partial charge in [0.05, 0.1) is 13.2 Å². The van der Waals surface area contributed by atoms with Crippen LogP contribution < -0.4 is 19.7 Å². The van der Waals surface area contributed by atoms with Gasteiger partial charge in [-0.15, -0.1) is 0 Å². The fourth-order valence-corrected chi connectivity index (χ4v) is 4.11. The second kappa shape index (κ2) is 5.81. The Kier molecular flexibility index (Phi) is 3.85. The van der Waals surface area contributed by atoms with Crippen molar-refractivity contribution >= 4 is 39.2 Å². The molecule has 7 heteroatoms. The first kappa shape index (κ1) is 16.5. The van der Waals surface area contributed by atoms with Crippen molar-refractivity contribution in [3.8, 4) is 11.5 Å². The van der Waals surface area contributed by atoms with Crippen LogP contribution in [0.3, 0.4) is 0 Å². The molecule has 1 saturated heterocycles. The molecule has 2 bridgehead atoms. The van der Waals surface area contributed by atoms with Crippen molar-refractivity contribution in [1.82, 2.24) is 5.32 Å². The Morgan fingerprint density at radius 1 is 1.36 bits per heavy atom. The van der Waals surface area contributed by atoms with E-state index in [0.29, 0.717) is 22.9 Å². The quantitative estimate of drug-likeness (QED) is 0.749. The Morgan fingerprint density at radius 2 is 2.08 bits per heavy atom. The van der Waals surface area contributed by atoms with Gasteiger partial charge in [-0.25, -0.2) is 4.79 Å². The third kappa shape index (κ3) is 2.64. The van der Waals surface area contributed by atoms with Gasteiger partial charge in [-0.05, 0) is 43.3 Å². The minimum absolute atomic E-state index is 0.142. The molecule has 0 spiro atoms. The molecule has 1 N–H and O–H groups in total. The molecule has 2 aromatic rings. The number of ether oxygens (including phenoxy) is 2. The van der Waals surface area contributed by atoms with Crippen LogP contribution in [0.5, 0.6) is 11.5 Å². The van der Waals surface area contributed by atoms with E-state index < -0.39 is 5.72 Å². The number of rotatable bonds is 2. The molecule has 2 heterocycles. The molecule has 0 aromatic heterocycles. The standard InChI is InChI=1S/C18H16BrClN2O3/c1-18-9-14(13-7-10(19)8-15(24-2)16(13)25-18)21-17(23)22(18)12-5-3-11(20)4-6-12/h3-8,14H,9H2,1-2H3,(H,21,23)/t14-,18-/m0/s1. The van der Waals surface area contributed by atoms with E-state index >= 15 is 0 Å². The number of hydrogen-bond acceptors (Lipinski definition) is 3. The van der Waals surface area contributed by atoms with E-state index in [1.807, 2.05) is 31.2 Å². The third-order valence-electron chi connectivity index (χ3n) is 4.61. The van der Waals surface area contributed by atoms with Crippen molar-refractivity contribution in [2.75, 3.05) is 12.0 Å². The molecular formula is C18H16BrClN2O3. The molecule has 0 saturated carbocycles. The number of fused-ring (bicyclic) bond motifs is 4. The van der Waals surface area contributed by atoms with Crippen molar-refractivity contribution in [3.63, 3.8) is 0 Å². The van der Waals surface area contributed by atoms with Gasteiger partial charge in [0.2, 0.25) is 0 Å². The molecular weight excluding hydrogens is 408 g/mol. The molecule has 130 valence electrons. The Balaban J connectivity index is 1.82. The van der Waals surface area contributed by atoms with E-state index in [1.165, 1.54) is 0 Å². The van der Waals surface area contributed by atoms with E-state index in [4.69, 9.17) is 21.1 Å². The summed E-state index contributed by atoms with van der Waals surface area (Å²) in [5.74, 6) is 1.29. The number of halogens is 2. The zero-order valence-electron chi connectivity index (χ0n) is 13.7. The number of carbonyl (C=O) groups is 1. The molecule has 4 rings (SSSR count). The van der Waals surface area contributed by atoms with Gasteiger partial charge in [0.1, 0.15) is 0 Å². The fraction of sp³-hybridized carbons (Fsp3) is 0.278. The van der Waals surface area contributed by atoms with E-state index in [1.54, 1.807) is 24.1 Å². The Labute approximate surface area is 159 Å². The molecule has 0 aliphatic carbocycles. The van der Waals surface area contributed by atoms with E-state index in [0.717, 1.165) is 15.7 Å². The van der Waals surface area contributed by atoms with E-state index in [9.17, 15) is 4.79 Å². The number of hydrogen-bond donors (Lipinski definition) is 1. The lowest BCUT2D eigenvalue weighted by molar-refractivity contribution is 0.0349. The van der Waals surface area contributed by atoms with Gasteiger partial charge in [-0.2, -0.15) is 0 Å². The van der Waals surface area contributed by atoms with Crippen LogP contribution in [-0.4, -0.2) is 18.9 Å². The minimum Gasteiger partial charge on any atom is -0.493 e. The molecule has 2 atom stereocenters. The Morgan fingerprint density at radius 3 is 2.76 bits per heavy atom. The largest absolute Gasteiger partial charge is 0.493 e. The molecule has 0 radical (unpaired) electrons. The van der Waals surface area contributed by atoms with Gasteiger partial charge < -0.3 is 14.8 Å². The lowest BCUT2D eigenvalue weighted by Gasteiger charge is -2.50. The Bertz CT molecular complexity index is 858. The van der Waals surface area contributed by atoms with Crippen molar-refractivity contribution in [2.45, 2.75) is 25.1 Å². The van der Waals surface area contributed by atoms with Crippen molar-refractivity contribution < 1.29 is 14.3 Å². The second-order valence-electron chi connectivity index (χ2n) is 6.32. The summed E-state index contributed by atoms with van der Waals surface area (Å²) in [6.45, 7) is 1.91.